The van der Waals surface area contributed by atoms with E-state index in [-0.39, 0.29) is 41.3 Å². The number of hydrogen-bond donors (Lipinski definition) is 0. The van der Waals surface area contributed by atoms with Crippen molar-refractivity contribution < 1.29 is 41.3 Å². The van der Waals surface area contributed by atoms with Crippen molar-refractivity contribution in [1.29, 1.82) is 0 Å². The van der Waals surface area contributed by atoms with E-state index in [1.54, 1.807) is 0 Å². The minimum atomic E-state index is 0. The minimum absolute atomic E-state index is 0. The van der Waals surface area contributed by atoms with Crippen molar-refractivity contribution in [3.63, 3.8) is 0 Å². The zero-order chi connectivity index (χ0) is 27.1. The fourth-order valence-electron chi connectivity index (χ4n) is 8.29. The molecule has 4 rings (SSSR count). The van der Waals surface area contributed by atoms with Gasteiger partial charge < -0.3 is 24.8 Å². The van der Waals surface area contributed by atoms with Crippen molar-refractivity contribution in [3.8, 4) is 0 Å². The third-order valence-corrected chi connectivity index (χ3v) is 12.9. The first-order chi connectivity index (χ1) is 18.5. The van der Waals surface area contributed by atoms with Gasteiger partial charge in [0.2, 0.25) is 0 Å². The van der Waals surface area contributed by atoms with E-state index >= 15 is 0 Å². The number of rotatable bonds is 8. The van der Waals surface area contributed by atoms with Crippen LogP contribution in [0.15, 0.2) is 48.6 Å². The van der Waals surface area contributed by atoms with E-state index in [0.717, 1.165) is 23.7 Å². The average Bonchev–Trinajstić information content (AvgIpc) is 2.99. The summed E-state index contributed by atoms with van der Waals surface area (Å²) in [6, 6.07) is 0. The molecule has 0 aromatic heterocycles. The van der Waals surface area contributed by atoms with Crippen LogP contribution >= 0.6 is 18.5 Å². The van der Waals surface area contributed by atoms with E-state index in [1.807, 2.05) is 0 Å². The van der Waals surface area contributed by atoms with Gasteiger partial charge in [-0.15, -0.1) is 18.5 Å². The van der Waals surface area contributed by atoms with Gasteiger partial charge in [0.05, 0.1) is 0 Å². The normalized spacial score (nSPS) is 22.7. The summed E-state index contributed by atoms with van der Waals surface area (Å²) >= 11 is 0. The Bertz CT molecular complexity index is 654. The maximum absolute atomic E-state index is 3.30. The SMILES string of the molecule is CC=CC=CC(P)(C1CCCCC1)C1CCCCC1.CC=CC=CC(P)(C1CCCCC1)C1CCCCC1.[Cl-].[Cl-].[Ni+2]. The Labute approximate surface area is 283 Å². The summed E-state index contributed by atoms with van der Waals surface area (Å²) < 4.78 is 0. The van der Waals surface area contributed by atoms with Crippen molar-refractivity contribution in [1.82, 2.24) is 0 Å². The molecule has 0 saturated heterocycles. The van der Waals surface area contributed by atoms with E-state index in [2.05, 4.69) is 80.9 Å². The van der Waals surface area contributed by atoms with Gasteiger partial charge in [0.15, 0.2) is 0 Å². The van der Waals surface area contributed by atoms with Gasteiger partial charge in [-0.2, -0.15) is 0 Å². The summed E-state index contributed by atoms with van der Waals surface area (Å²) in [6.07, 6.45) is 47.3. The molecule has 4 fully saturated rings. The molecule has 4 saturated carbocycles. The molecule has 41 heavy (non-hydrogen) atoms. The van der Waals surface area contributed by atoms with E-state index < -0.39 is 0 Å². The molecule has 0 bridgehead atoms. The summed E-state index contributed by atoms with van der Waals surface area (Å²) in [4.78, 5) is 0. The minimum Gasteiger partial charge on any atom is -1.00 e. The van der Waals surface area contributed by atoms with Crippen LogP contribution in [-0.2, 0) is 16.5 Å². The molecule has 0 spiro atoms. The summed E-state index contributed by atoms with van der Waals surface area (Å²) in [7, 11) is 6.60. The topological polar surface area (TPSA) is 0 Å². The first kappa shape index (κ1) is 41.9. The van der Waals surface area contributed by atoms with E-state index in [4.69, 9.17) is 0 Å². The van der Waals surface area contributed by atoms with Crippen LogP contribution in [0.25, 0.3) is 0 Å². The zero-order valence-electron chi connectivity index (χ0n) is 26.3. The van der Waals surface area contributed by atoms with E-state index in [1.165, 1.54) is 128 Å². The molecule has 0 nitrogen and oxygen atoms in total. The second kappa shape index (κ2) is 23.3. The maximum Gasteiger partial charge on any atom is 2.00 e. The Morgan fingerprint density at radius 2 is 0.634 bits per heavy atom. The van der Waals surface area contributed by atoms with Crippen molar-refractivity contribution >= 4 is 18.5 Å². The summed E-state index contributed by atoms with van der Waals surface area (Å²) in [5.74, 6) is 3.60. The van der Waals surface area contributed by atoms with Crippen LogP contribution in [0.4, 0.5) is 0 Å². The molecule has 0 radical (unpaired) electrons. The van der Waals surface area contributed by atoms with Crippen LogP contribution in [0.5, 0.6) is 0 Å². The van der Waals surface area contributed by atoms with Crippen LogP contribution < -0.4 is 24.8 Å². The molecule has 0 aromatic rings. The number of halogens is 2. The van der Waals surface area contributed by atoms with Gasteiger partial charge >= 0.3 is 16.5 Å². The summed E-state index contributed by atoms with van der Waals surface area (Å²) in [5, 5.41) is 0.751. The van der Waals surface area contributed by atoms with Gasteiger partial charge in [0.25, 0.3) is 0 Å². The van der Waals surface area contributed by atoms with Crippen LogP contribution in [0.2, 0.25) is 0 Å². The molecule has 5 heteroatoms. The molecule has 4 aliphatic carbocycles. The second-order valence-corrected chi connectivity index (χ2v) is 15.1. The standard InChI is InChI=1S/2C18H31P.2ClH.Ni/c2*1-2-3-10-15-18(19,16-11-6-4-7-12-16)17-13-8-5-9-14-17;;;/h2*2-3,10,15-17H,4-9,11-14,19H2,1H3;2*1H;/q;;;;+2/p-2. The Balaban J connectivity index is 0.000000727. The third kappa shape index (κ3) is 13.0. The average molecular weight is 686 g/mol. The van der Waals surface area contributed by atoms with Crippen molar-refractivity contribution in [2.75, 3.05) is 0 Å². The monoisotopic (exact) mass is 684 g/mol. The zero-order valence-corrected chi connectivity index (χ0v) is 31.1. The predicted octanol–water partition coefficient (Wildman–Crippen LogP) is 5.79. The van der Waals surface area contributed by atoms with Crippen LogP contribution in [0.3, 0.4) is 0 Å². The van der Waals surface area contributed by atoms with Crippen molar-refractivity contribution in [3.05, 3.63) is 48.6 Å². The van der Waals surface area contributed by atoms with E-state index in [0.29, 0.717) is 10.3 Å². The molecular weight excluding hydrogens is 624 g/mol. The van der Waals surface area contributed by atoms with Gasteiger partial charge in [0, 0.05) is 10.3 Å². The fraction of sp³-hybridized carbons (Fsp3) is 0.778. The van der Waals surface area contributed by atoms with E-state index in [9.17, 15) is 0 Å². The smallest absolute Gasteiger partial charge is 1.00 e. The second-order valence-electron chi connectivity index (χ2n) is 13.1. The quantitative estimate of drug-likeness (QED) is 0.173. The number of hydrogen-bond acceptors (Lipinski definition) is 0. The first-order valence-electron chi connectivity index (χ1n) is 16.7. The predicted molar refractivity (Wildman–Crippen MR) is 179 cm³/mol. The Hall–Kier alpha value is 0.894. The van der Waals surface area contributed by atoms with Gasteiger partial charge in [-0.05, 0) is 88.9 Å². The van der Waals surface area contributed by atoms with Crippen molar-refractivity contribution in [2.24, 2.45) is 23.7 Å². The summed E-state index contributed by atoms with van der Waals surface area (Å²) in [6.45, 7) is 4.21. The maximum atomic E-state index is 3.30. The molecular formula is C36H62Cl2NiP2. The molecule has 240 valence electrons. The molecule has 2 unspecified atom stereocenters. The molecule has 4 aliphatic rings. The third-order valence-electron chi connectivity index (χ3n) is 10.6. The van der Waals surface area contributed by atoms with Gasteiger partial charge in [-0.25, -0.2) is 0 Å². The van der Waals surface area contributed by atoms with Crippen LogP contribution in [0.1, 0.15) is 142 Å². The number of allylic oxidation sites excluding steroid dienone is 8. The largest absolute Gasteiger partial charge is 2.00 e. The van der Waals surface area contributed by atoms with Crippen molar-refractivity contribution in [2.45, 2.75) is 153 Å². The van der Waals surface area contributed by atoms with Gasteiger partial charge in [0.1, 0.15) is 0 Å². The van der Waals surface area contributed by atoms with Gasteiger partial charge in [-0.3, -0.25) is 0 Å². The first-order valence-corrected chi connectivity index (χ1v) is 17.9. The Morgan fingerprint density at radius 3 is 0.829 bits per heavy atom. The molecule has 0 aromatic carbocycles. The Morgan fingerprint density at radius 1 is 0.415 bits per heavy atom. The Kier molecular flexibility index (Phi) is 23.8. The van der Waals surface area contributed by atoms with Crippen LogP contribution in [0, 0.1) is 23.7 Å². The molecule has 0 amide bonds. The van der Waals surface area contributed by atoms with Crippen LogP contribution in [-0.4, -0.2) is 10.3 Å². The summed E-state index contributed by atoms with van der Waals surface area (Å²) in [5.41, 5.74) is 0. The van der Waals surface area contributed by atoms with Gasteiger partial charge in [-0.1, -0.05) is 126 Å². The molecule has 2 atom stereocenters. The molecule has 0 heterocycles. The fourth-order valence-corrected chi connectivity index (χ4v) is 9.84. The molecule has 0 N–H and O–H groups in total. The molecule has 0 aliphatic heterocycles.